The molecular weight excluding hydrogens is 287 g/mol. The van der Waals surface area contributed by atoms with Gasteiger partial charge < -0.3 is 15.2 Å². The normalized spacial score (nSPS) is 11.6. The molecule has 1 aromatic carbocycles. The lowest BCUT2D eigenvalue weighted by Gasteiger charge is -2.10. The lowest BCUT2D eigenvalue weighted by molar-refractivity contribution is 0.146. The van der Waals surface area contributed by atoms with Crippen molar-refractivity contribution in [1.82, 2.24) is 4.72 Å². The zero-order valence-electron chi connectivity index (χ0n) is 11.5. The van der Waals surface area contributed by atoms with Gasteiger partial charge in [-0.15, -0.1) is 0 Å². The van der Waals surface area contributed by atoms with E-state index in [2.05, 4.69) is 4.72 Å². The van der Waals surface area contributed by atoms with Crippen molar-refractivity contribution >= 4 is 15.7 Å². The molecule has 0 bridgehead atoms. The number of nitrogens with two attached hydrogens (primary N) is 1. The molecule has 1 rings (SSSR count). The lowest BCUT2D eigenvalue weighted by Crippen LogP contribution is -2.26. The fraction of sp³-hybridized carbons (Fsp3) is 0.500. The fourth-order valence-electron chi connectivity index (χ4n) is 1.57. The van der Waals surface area contributed by atoms with Gasteiger partial charge in [0, 0.05) is 19.8 Å². The molecule has 0 spiro atoms. The molecule has 0 aromatic heterocycles. The molecule has 0 radical (unpaired) electrons. The van der Waals surface area contributed by atoms with E-state index in [1.54, 1.807) is 0 Å². The molecule has 0 saturated heterocycles. The summed E-state index contributed by atoms with van der Waals surface area (Å²) in [7, 11) is -2.54. The molecule has 0 aliphatic rings. The molecule has 6 nitrogen and oxygen atoms in total. The van der Waals surface area contributed by atoms with Crippen LogP contribution >= 0.6 is 0 Å². The summed E-state index contributed by atoms with van der Waals surface area (Å²) in [6.07, 6.45) is 0.529. The van der Waals surface area contributed by atoms with Gasteiger partial charge in [-0.05, 0) is 25.5 Å². The van der Waals surface area contributed by atoms with Crippen molar-refractivity contribution in [3.8, 4) is 5.75 Å². The predicted octanol–water partition coefficient (Wildman–Crippen LogP) is 1.12. The number of rotatable bonds is 8. The van der Waals surface area contributed by atoms with Crippen molar-refractivity contribution in [2.24, 2.45) is 0 Å². The van der Waals surface area contributed by atoms with Crippen LogP contribution in [0.5, 0.6) is 5.75 Å². The highest BCUT2D eigenvalue weighted by molar-refractivity contribution is 7.89. The van der Waals surface area contributed by atoms with Crippen LogP contribution in [0.2, 0.25) is 0 Å². The average Bonchev–Trinajstić information content (AvgIpc) is 2.38. The SMILES string of the molecule is CCOCCCNS(=O)(=O)c1cc(N)c(OC)c(F)c1. The third kappa shape index (κ3) is 4.32. The van der Waals surface area contributed by atoms with E-state index in [1.807, 2.05) is 6.92 Å². The summed E-state index contributed by atoms with van der Waals surface area (Å²) in [5.74, 6) is -0.984. The number of hydrogen-bond donors (Lipinski definition) is 2. The van der Waals surface area contributed by atoms with Gasteiger partial charge in [0.25, 0.3) is 0 Å². The molecule has 0 atom stereocenters. The van der Waals surface area contributed by atoms with Crippen molar-refractivity contribution in [1.29, 1.82) is 0 Å². The Morgan fingerprint density at radius 3 is 2.65 bits per heavy atom. The molecular formula is C12H19FN2O4S. The molecule has 3 N–H and O–H groups in total. The molecule has 8 heteroatoms. The summed E-state index contributed by atoms with van der Waals surface area (Å²) in [5, 5.41) is 0. The van der Waals surface area contributed by atoms with Crippen LogP contribution in [-0.4, -0.2) is 35.3 Å². The molecule has 0 amide bonds. The molecule has 1 aromatic rings. The van der Waals surface area contributed by atoms with Crippen LogP contribution < -0.4 is 15.2 Å². The summed E-state index contributed by atoms with van der Waals surface area (Å²) >= 11 is 0. The second-order valence-corrected chi connectivity index (χ2v) is 5.74. The number of nitrogen functional groups attached to an aromatic ring is 1. The fourth-order valence-corrected chi connectivity index (χ4v) is 2.69. The monoisotopic (exact) mass is 306 g/mol. The van der Waals surface area contributed by atoms with Gasteiger partial charge in [0.15, 0.2) is 11.6 Å². The number of benzene rings is 1. The van der Waals surface area contributed by atoms with E-state index in [9.17, 15) is 12.8 Å². The minimum absolute atomic E-state index is 0.0674. The maximum Gasteiger partial charge on any atom is 0.240 e. The number of hydrogen-bond acceptors (Lipinski definition) is 5. The minimum atomic E-state index is -3.80. The highest BCUT2D eigenvalue weighted by Crippen LogP contribution is 2.28. The minimum Gasteiger partial charge on any atom is -0.492 e. The van der Waals surface area contributed by atoms with Crippen molar-refractivity contribution in [3.63, 3.8) is 0 Å². The Morgan fingerprint density at radius 1 is 1.40 bits per heavy atom. The molecule has 0 fully saturated rings. The molecule has 0 aliphatic heterocycles. The van der Waals surface area contributed by atoms with Crippen molar-refractivity contribution in [2.75, 3.05) is 32.6 Å². The van der Waals surface area contributed by atoms with Crippen LogP contribution in [0.3, 0.4) is 0 Å². The van der Waals surface area contributed by atoms with Gasteiger partial charge in [0.05, 0.1) is 17.7 Å². The van der Waals surface area contributed by atoms with Gasteiger partial charge in [-0.1, -0.05) is 0 Å². The van der Waals surface area contributed by atoms with Crippen LogP contribution in [0.4, 0.5) is 10.1 Å². The molecule has 0 unspecified atom stereocenters. The molecule has 0 aliphatic carbocycles. The summed E-state index contributed by atoms with van der Waals surface area (Å²) in [5.41, 5.74) is 5.48. The Labute approximate surface area is 118 Å². The number of anilines is 1. The van der Waals surface area contributed by atoms with Crippen LogP contribution in [0.15, 0.2) is 17.0 Å². The summed E-state index contributed by atoms with van der Waals surface area (Å²) in [6, 6.07) is 2.03. The van der Waals surface area contributed by atoms with E-state index in [0.717, 1.165) is 12.1 Å². The van der Waals surface area contributed by atoms with E-state index in [0.29, 0.717) is 19.6 Å². The lowest BCUT2D eigenvalue weighted by atomic mass is 10.3. The van der Waals surface area contributed by atoms with Gasteiger partial charge in [-0.3, -0.25) is 0 Å². The second kappa shape index (κ2) is 7.41. The second-order valence-electron chi connectivity index (χ2n) is 3.98. The highest BCUT2D eigenvalue weighted by Gasteiger charge is 2.18. The number of methoxy groups -OCH3 is 1. The van der Waals surface area contributed by atoms with E-state index in [-0.39, 0.29) is 22.9 Å². The number of ether oxygens (including phenoxy) is 2. The number of nitrogens with one attached hydrogen (secondary N) is 1. The Kier molecular flexibility index (Phi) is 6.18. The van der Waals surface area contributed by atoms with E-state index in [4.69, 9.17) is 15.2 Å². The Bertz CT molecular complexity index is 525. The van der Waals surface area contributed by atoms with Gasteiger partial charge in [0.1, 0.15) is 0 Å². The third-order valence-electron chi connectivity index (χ3n) is 2.52. The zero-order valence-corrected chi connectivity index (χ0v) is 12.3. The maximum absolute atomic E-state index is 13.6. The first-order chi connectivity index (χ1) is 9.42. The smallest absolute Gasteiger partial charge is 0.240 e. The number of halogens is 1. The molecule has 0 saturated carbocycles. The Morgan fingerprint density at radius 2 is 2.10 bits per heavy atom. The standard InChI is InChI=1S/C12H19FN2O4S/c1-3-19-6-4-5-15-20(16,17)9-7-10(13)12(18-2)11(14)8-9/h7-8,15H,3-6,14H2,1-2H3. The van der Waals surface area contributed by atoms with Crippen molar-refractivity contribution < 1.29 is 22.3 Å². The largest absolute Gasteiger partial charge is 0.492 e. The van der Waals surface area contributed by atoms with Gasteiger partial charge in [-0.25, -0.2) is 17.5 Å². The first-order valence-electron chi connectivity index (χ1n) is 6.12. The van der Waals surface area contributed by atoms with Crippen LogP contribution in [0.25, 0.3) is 0 Å². The Hall–Kier alpha value is -1.38. The number of sulfonamides is 1. The van der Waals surface area contributed by atoms with E-state index in [1.165, 1.54) is 7.11 Å². The average molecular weight is 306 g/mol. The van der Waals surface area contributed by atoms with Crippen LogP contribution in [-0.2, 0) is 14.8 Å². The van der Waals surface area contributed by atoms with Crippen LogP contribution in [0.1, 0.15) is 13.3 Å². The molecule has 20 heavy (non-hydrogen) atoms. The van der Waals surface area contributed by atoms with Crippen molar-refractivity contribution in [2.45, 2.75) is 18.2 Å². The molecule has 0 heterocycles. The highest BCUT2D eigenvalue weighted by atomic mass is 32.2. The van der Waals surface area contributed by atoms with E-state index >= 15 is 0 Å². The summed E-state index contributed by atoms with van der Waals surface area (Å²) in [4.78, 5) is -0.232. The van der Waals surface area contributed by atoms with Crippen LogP contribution in [0, 0.1) is 5.82 Å². The third-order valence-corrected chi connectivity index (χ3v) is 3.96. The quantitative estimate of drug-likeness (QED) is 0.555. The first-order valence-corrected chi connectivity index (χ1v) is 7.61. The topological polar surface area (TPSA) is 90.7 Å². The first kappa shape index (κ1) is 16.7. The van der Waals surface area contributed by atoms with E-state index < -0.39 is 15.8 Å². The summed E-state index contributed by atoms with van der Waals surface area (Å²) < 4.78 is 49.7. The summed E-state index contributed by atoms with van der Waals surface area (Å²) in [6.45, 7) is 3.09. The van der Waals surface area contributed by atoms with Gasteiger partial charge in [0.2, 0.25) is 10.0 Å². The zero-order chi connectivity index (χ0) is 15.2. The Balaban J connectivity index is 2.78. The maximum atomic E-state index is 13.6. The van der Waals surface area contributed by atoms with Crippen molar-refractivity contribution in [3.05, 3.63) is 17.9 Å². The van der Waals surface area contributed by atoms with Gasteiger partial charge >= 0.3 is 0 Å². The van der Waals surface area contributed by atoms with Gasteiger partial charge in [-0.2, -0.15) is 0 Å². The predicted molar refractivity (Wildman–Crippen MR) is 73.7 cm³/mol. The molecule has 114 valence electrons.